The fourth-order valence-corrected chi connectivity index (χ4v) is 4.00. The Morgan fingerprint density at radius 2 is 1.52 bits per heavy atom. The van der Waals surface area contributed by atoms with Crippen molar-refractivity contribution in [2.24, 2.45) is 0 Å². The van der Waals surface area contributed by atoms with Gasteiger partial charge in [0, 0.05) is 0 Å². The van der Waals surface area contributed by atoms with Gasteiger partial charge in [-0.05, 0) is 29.2 Å². The predicted octanol–water partition coefficient (Wildman–Crippen LogP) is 5.04. The van der Waals surface area contributed by atoms with E-state index in [1.165, 1.54) is 32.1 Å². The Morgan fingerprint density at radius 1 is 0.870 bits per heavy atom. The lowest BCUT2D eigenvalue weighted by Crippen LogP contribution is -2.05. The lowest BCUT2D eigenvalue weighted by Gasteiger charge is -2.16. The van der Waals surface area contributed by atoms with Crippen molar-refractivity contribution < 1.29 is 13.0 Å². The van der Waals surface area contributed by atoms with Gasteiger partial charge >= 0.3 is 0 Å². The Hall–Kier alpha value is -1.39. The second kappa shape index (κ2) is 8.46. The fourth-order valence-electron chi connectivity index (χ4n) is 3.05. The van der Waals surface area contributed by atoms with Crippen LogP contribution >= 0.6 is 0 Å². The Kier molecular flexibility index (Phi) is 6.60. The van der Waals surface area contributed by atoms with Crippen LogP contribution in [0.25, 0.3) is 10.8 Å². The summed E-state index contributed by atoms with van der Waals surface area (Å²) in [4.78, 5) is -0.0263. The summed E-state index contributed by atoms with van der Waals surface area (Å²) in [6, 6.07) is 10.9. The molecule has 0 spiro atoms. The average Bonchev–Trinajstić information content (AvgIpc) is 2.52. The van der Waals surface area contributed by atoms with E-state index in [2.05, 4.69) is 6.92 Å². The standard InChI is InChI=1S/C19H26O3S/c1-2-3-4-5-6-7-8-12-17-15-14-16-11-9-10-13-18(16)19(17)23(20,21)22/h9-11,13-15H,2-8,12H2,1H3,(H,20,21,22)/p-1. The molecule has 0 radical (unpaired) electrons. The molecule has 2 aromatic carbocycles. The van der Waals surface area contributed by atoms with Crippen LogP contribution in [0.1, 0.15) is 57.4 Å². The molecular formula is C19H25O3S-. The summed E-state index contributed by atoms with van der Waals surface area (Å²) in [6.07, 6.45) is 8.85. The van der Waals surface area contributed by atoms with E-state index in [-0.39, 0.29) is 4.90 Å². The molecule has 0 N–H and O–H groups in total. The largest absolute Gasteiger partial charge is 0.744 e. The smallest absolute Gasteiger partial charge is 0.125 e. The van der Waals surface area contributed by atoms with Crippen LogP contribution in [-0.4, -0.2) is 13.0 Å². The van der Waals surface area contributed by atoms with Gasteiger partial charge in [0.15, 0.2) is 0 Å². The van der Waals surface area contributed by atoms with Crippen LogP contribution in [0, 0.1) is 0 Å². The molecule has 0 saturated carbocycles. The Bertz CT molecular complexity index is 735. The third kappa shape index (κ3) is 5.05. The first-order valence-electron chi connectivity index (χ1n) is 8.50. The zero-order chi connectivity index (χ0) is 16.7. The van der Waals surface area contributed by atoms with Gasteiger partial charge in [-0.1, -0.05) is 81.8 Å². The molecule has 0 saturated heterocycles. The number of unbranched alkanes of at least 4 members (excludes halogenated alkanes) is 6. The second-order valence-corrected chi connectivity index (χ2v) is 7.42. The molecule has 126 valence electrons. The van der Waals surface area contributed by atoms with Crippen molar-refractivity contribution in [2.45, 2.75) is 63.2 Å². The minimum atomic E-state index is -4.46. The van der Waals surface area contributed by atoms with Crippen molar-refractivity contribution in [2.75, 3.05) is 0 Å². The Morgan fingerprint density at radius 3 is 2.22 bits per heavy atom. The van der Waals surface area contributed by atoms with Crippen molar-refractivity contribution >= 4 is 20.9 Å². The first kappa shape index (κ1) is 18.0. The van der Waals surface area contributed by atoms with E-state index in [0.717, 1.165) is 18.2 Å². The van der Waals surface area contributed by atoms with Crippen LogP contribution in [0.5, 0.6) is 0 Å². The van der Waals surface area contributed by atoms with Crippen LogP contribution < -0.4 is 0 Å². The predicted molar refractivity (Wildman–Crippen MR) is 93.6 cm³/mol. The van der Waals surface area contributed by atoms with Crippen molar-refractivity contribution in [3.8, 4) is 0 Å². The number of rotatable bonds is 9. The summed E-state index contributed by atoms with van der Waals surface area (Å²) < 4.78 is 35.2. The Balaban J connectivity index is 2.08. The minimum Gasteiger partial charge on any atom is -0.744 e. The van der Waals surface area contributed by atoms with E-state index in [0.29, 0.717) is 17.4 Å². The highest BCUT2D eigenvalue weighted by Gasteiger charge is 2.13. The maximum atomic E-state index is 11.7. The van der Waals surface area contributed by atoms with Gasteiger partial charge in [0.2, 0.25) is 0 Å². The number of aryl methyl sites for hydroxylation is 1. The maximum absolute atomic E-state index is 11.7. The molecule has 0 aliphatic carbocycles. The summed E-state index contributed by atoms with van der Waals surface area (Å²) in [5, 5.41) is 1.34. The quantitative estimate of drug-likeness (QED) is 0.477. The number of hydrogen-bond donors (Lipinski definition) is 0. The van der Waals surface area contributed by atoms with E-state index < -0.39 is 10.1 Å². The van der Waals surface area contributed by atoms with Crippen molar-refractivity contribution in [3.63, 3.8) is 0 Å². The molecule has 2 rings (SSSR count). The number of benzene rings is 2. The molecule has 0 aromatic heterocycles. The molecule has 23 heavy (non-hydrogen) atoms. The van der Waals surface area contributed by atoms with E-state index >= 15 is 0 Å². The lowest BCUT2D eigenvalue weighted by molar-refractivity contribution is 0.462. The van der Waals surface area contributed by atoms with E-state index in [9.17, 15) is 13.0 Å². The first-order valence-corrected chi connectivity index (χ1v) is 9.91. The number of hydrogen-bond acceptors (Lipinski definition) is 3. The minimum absolute atomic E-state index is 0.0263. The molecule has 0 heterocycles. The third-order valence-corrected chi connectivity index (χ3v) is 5.24. The van der Waals surface area contributed by atoms with E-state index in [1.807, 2.05) is 18.2 Å². The monoisotopic (exact) mass is 333 g/mol. The topological polar surface area (TPSA) is 57.2 Å². The van der Waals surface area contributed by atoms with Gasteiger partial charge in [-0.3, -0.25) is 0 Å². The van der Waals surface area contributed by atoms with Gasteiger partial charge in [0.05, 0.1) is 4.90 Å². The number of fused-ring (bicyclic) bond motifs is 1. The molecule has 0 unspecified atom stereocenters. The molecule has 0 aliphatic rings. The second-order valence-electron chi connectivity index (χ2n) is 6.10. The van der Waals surface area contributed by atoms with Gasteiger partial charge in [0.25, 0.3) is 0 Å². The maximum Gasteiger partial charge on any atom is 0.125 e. The van der Waals surface area contributed by atoms with Crippen molar-refractivity contribution in [1.82, 2.24) is 0 Å². The van der Waals surface area contributed by atoms with Gasteiger partial charge in [0.1, 0.15) is 10.1 Å². The van der Waals surface area contributed by atoms with E-state index in [1.54, 1.807) is 18.2 Å². The molecule has 0 bridgehead atoms. The van der Waals surface area contributed by atoms with Crippen LogP contribution in [0.15, 0.2) is 41.3 Å². The first-order chi connectivity index (χ1) is 11.0. The van der Waals surface area contributed by atoms with Crippen LogP contribution in [-0.2, 0) is 16.5 Å². The highest BCUT2D eigenvalue weighted by atomic mass is 32.2. The highest BCUT2D eigenvalue weighted by molar-refractivity contribution is 7.86. The molecule has 0 aliphatic heterocycles. The zero-order valence-electron chi connectivity index (χ0n) is 13.8. The van der Waals surface area contributed by atoms with Crippen molar-refractivity contribution in [3.05, 3.63) is 42.0 Å². The normalized spacial score (nSPS) is 11.9. The van der Waals surface area contributed by atoms with Gasteiger partial charge in [-0.25, -0.2) is 8.42 Å². The molecule has 0 fully saturated rings. The summed E-state index contributed by atoms with van der Waals surface area (Å²) in [6.45, 7) is 2.20. The van der Waals surface area contributed by atoms with Crippen molar-refractivity contribution in [1.29, 1.82) is 0 Å². The molecule has 0 amide bonds. The zero-order valence-corrected chi connectivity index (χ0v) is 14.6. The van der Waals surface area contributed by atoms with Gasteiger partial charge in [-0.15, -0.1) is 0 Å². The Labute approximate surface area is 139 Å². The molecule has 3 nitrogen and oxygen atoms in total. The van der Waals surface area contributed by atoms with Gasteiger partial charge < -0.3 is 4.55 Å². The summed E-state index contributed by atoms with van der Waals surface area (Å²) >= 11 is 0. The molecule has 0 atom stereocenters. The third-order valence-electron chi connectivity index (χ3n) is 4.26. The van der Waals surface area contributed by atoms with Crippen LogP contribution in [0.2, 0.25) is 0 Å². The summed E-state index contributed by atoms with van der Waals surface area (Å²) in [5.41, 5.74) is 0.659. The van der Waals surface area contributed by atoms with Crippen LogP contribution in [0.4, 0.5) is 0 Å². The molecule has 4 heteroatoms. The highest BCUT2D eigenvalue weighted by Crippen LogP contribution is 2.28. The SMILES string of the molecule is CCCCCCCCCc1ccc2ccccc2c1S(=O)(=O)[O-]. The van der Waals surface area contributed by atoms with Gasteiger partial charge in [-0.2, -0.15) is 0 Å². The molecular weight excluding hydrogens is 308 g/mol. The van der Waals surface area contributed by atoms with E-state index in [4.69, 9.17) is 0 Å². The van der Waals surface area contributed by atoms with Crippen LogP contribution in [0.3, 0.4) is 0 Å². The summed E-state index contributed by atoms with van der Waals surface area (Å²) in [5.74, 6) is 0. The lowest BCUT2D eigenvalue weighted by atomic mass is 10.0. The molecule has 2 aromatic rings. The average molecular weight is 333 g/mol. The summed E-state index contributed by atoms with van der Waals surface area (Å²) in [7, 11) is -4.46. The fraction of sp³-hybridized carbons (Fsp3) is 0.474.